The van der Waals surface area contributed by atoms with E-state index in [0.717, 1.165) is 56.2 Å². The molecule has 1 aliphatic heterocycles. The number of rotatable bonds is 4. The molecule has 1 saturated heterocycles. The summed E-state index contributed by atoms with van der Waals surface area (Å²) in [6.07, 6.45) is 0. The number of nitrogens with zero attached hydrogens (tertiary/aromatic N) is 4. The van der Waals surface area contributed by atoms with Crippen LogP contribution < -0.4 is 0 Å². The number of halogens is 2. The number of aromatic nitrogens is 2. The van der Waals surface area contributed by atoms with E-state index in [0.29, 0.717) is 5.02 Å². The van der Waals surface area contributed by atoms with Gasteiger partial charge in [0.05, 0.1) is 17.6 Å². The number of para-hydroxylation sites is 2. The van der Waals surface area contributed by atoms with Crippen molar-refractivity contribution in [2.45, 2.75) is 13.1 Å². The van der Waals surface area contributed by atoms with Crippen LogP contribution in [0.2, 0.25) is 5.02 Å². The minimum Gasteiger partial charge on any atom is -0.330 e. The van der Waals surface area contributed by atoms with Crippen LogP contribution in [-0.4, -0.2) is 45.5 Å². The Morgan fingerprint density at radius 1 is 1.00 bits per heavy atom. The number of hydrogen-bond acceptors (Lipinski definition) is 3. The van der Waals surface area contributed by atoms with Crippen LogP contribution >= 0.6 is 11.6 Å². The van der Waals surface area contributed by atoms with Gasteiger partial charge in [0.25, 0.3) is 0 Å². The van der Waals surface area contributed by atoms with Crippen molar-refractivity contribution in [1.29, 1.82) is 0 Å². The number of hydrogen-bond donors (Lipinski definition) is 0. The Balaban J connectivity index is 1.36. The summed E-state index contributed by atoms with van der Waals surface area (Å²) in [6.45, 7) is 5.54. The van der Waals surface area contributed by atoms with Crippen LogP contribution in [0.25, 0.3) is 11.0 Å². The molecule has 0 unspecified atom stereocenters. The fourth-order valence-electron chi connectivity index (χ4n) is 3.53. The van der Waals surface area contributed by atoms with E-state index in [4.69, 9.17) is 16.6 Å². The molecule has 4 nitrogen and oxygen atoms in total. The lowest BCUT2D eigenvalue weighted by atomic mass is 10.2. The molecule has 26 heavy (non-hydrogen) atoms. The van der Waals surface area contributed by atoms with Gasteiger partial charge in [0.1, 0.15) is 11.6 Å². The second-order valence-corrected chi connectivity index (χ2v) is 7.27. The van der Waals surface area contributed by atoms with Crippen molar-refractivity contribution in [2.75, 3.05) is 26.2 Å². The Morgan fingerprint density at radius 2 is 1.69 bits per heavy atom. The van der Waals surface area contributed by atoms with Crippen LogP contribution in [0.1, 0.15) is 11.4 Å². The molecule has 0 aliphatic carbocycles. The monoisotopic (exact) mass is 372 g/mol. The first-order valence-electron chi connectivity index (χ1n) is 8.89. The lowest BCUT2D eigenvalue weighted by molar-refractivity contribution is 0.119. The first-order valence-corrected chi connectivity index (χ1v) is 9.27. The second kappa shape index (κ2) is 7.35. The Morgan fingerprint density at radius 3 is 2.38 bits per heavy atom. The van der Waals surface area contributed by atoms with E-state index >= 15 is 0 Å². The van der Waals surface area contributed by atoms with E-state index in [1.807, 2.05) is 12.1 Å². The molecule has 0 atom stereocenters. The average molecular weight is 373 g/mol. The molecule has 3 aromatic rings. The van der Waals surface area contributed by atoms with Crippen molar-refractivity contribution in [2.24, 2.45) is 7.05 Å². The molecule has 136 valence electrons. The summed E-state index contributed by atoms with van der Waals surface area (Å²) in [7, 11) is 2.08. The van der Waals surface area contributed by atoms with Crippen LogP contribution in [0.15, 0.2) is 42.5 Å². The molecule has 0 spiro atoms. The maximum Gasteiger partial charge on any atom is 0.124 e. The standard InChI is InChI=1S/C20H22ClFN4/c1-24-19-5-3-2-4-18(19)23-20(24)14-26-10-8-25(9-11-26)13-15-6-7-16(22)12-17(15)21/h2-7,12H,8-11,13-14H2,1H3. The molecule has 2 heterocycles. The van der Waals surface area contributed by atoms with Crippen LogP contribution in [-0.2, 0) is 20.1 Å². The van der Waals surface area contributed by atoms with Crippen molar-refractivity contribution in [3.05, 3.63) is 64.7 Å². The van der Waals surface area contributed by atoms with E-state index < -0.39 is 0 Å². The van der Waals surface area contributed by atoms with Gasteiger partial charge in [-0.15, -0.1) is 0 Å². The molecule has 2 aromatic carbocycles. The molecule has 0 bridgehead atoms. The maximum atomic E-state index is 13.2. The Bertz CT molecular complexity index is 915. The number of fused-ring (bicyclic) bond motifs is 1. The highest BCUT2D eigenvalue weighted by Crippen LogP contribution is 2.20. The Kier molecular flexibility index (Phi) is 4.94. The van der Waals surface area contributed by atoms with E-state index in [-0.39, 0.29) is 5.82 Å². The molecule has 6 heteroatoms. The highest BCUT2D eigenvalue weighted by atomic mass is 35.5. The summed E-state index contributed by atoms with van der Waals surface area (Å²) in [5.74, 6) is 0.812. The normalized spacial score (nSPS) is 16.4. The summed E-state index contributed by atoms with van der Waals surface area (Å²) in [4.78, 5) is 9.57. The minimum atomic E-state index is -0.286. The van der Waals surface area contributed by atoms with Gasteiger partial charge >= 0.3 is 0 Å². The lowest BCUT2D eigenvalue weighted by Crippen LogP contribution is -2.45. The zero-order valence-corrected chi connectivity index (χ0v) is 15.6. The van der Waals surface area contributed by atoms with Gasteiger partial charge in [0, 0.05) is 44.8 Å². The first-order chi connectivity index (χ1) is 12.6. The fourth-order valence-corrected chi connectivity index (χ4v) is 3.76. The number of aryl methyl sites for hydroxylation is 1. The van der Waals surface area contributed by atoms with Gasteiger partial charge in [0.15, 0.2) is 0 Å². The van der Waals surface area contributed by atoms with Crippen LogP contribution in [0.4, 0.5) is 4.39 Å². The zero-order chi connectivity index (χ0) is 18.1. The van der Waals surface area contributed by atoms with E-state index in [1.165, 1.54) is 17.6 Å². The molecule has 0 radical (unpaired) electrons. The first kappa shape index (κ1) is 17.5. The molecule has 1 aromatic heterocycles. The van der Waals surface area contributed by atoms with Crippen molar-refractivity contribution in [3.8, 4) is 0 Å². The third-order valence-electron chi connectivity index (χ3n) is 5.12. The number of imidazole rings is 1. The molecule has 4 rings (SSSR count). The largest absolute Gasteiger partial charge is 0.330 e. The van der Waals surface area contributed by atoms with Crippen LogP contribution in [0, 0.1) is 5.82 Å². The third-order valence-corrected chi connectivity index (χ3v) is 5.47. The quantitative estimate of drug-likeness (QED) is 0.698. The lowest BCUT2D eigenvalue weighted by Gasteiger charge is -2.34. The van der Waals surface area contributed by atoms with Gasteiger partial charge in [-0.3, -0.25) is 9.80 Å². The van der Waals surface area contributed by atoms with Crippen molar-refractivity contribution in [3.63, 3.8) is 0 Å². The van der Waals surface area contributed by atoms with E-state index in [1.54, 1.807) is 6.07 Å². The molecular weight excluding hydrogens is 351 g/mol. The smallest absolute Gasteiger partial charge is 0.124 e. The Hall–Kier alpha value is -1.95. The molecule has 0 N–H and O–H groups in total. The molecular formula is C20H22ClFN4. The van der Waals surface area contributed by atoms with Gasteiger partial charge in [0.2, 0.25) is 0 Å². The summed E-state index contributed by atoms with van der Waals surface area (Å²) in [6, 6.07) is 12.9. The zero-order valence-electron chi connectivity index (χ0n) is 14.8. The van der Waals surface area contributed by atoms with Crippen molar-refractivity contribution >= 4 is 22.6 Å². The molecule has 1 fully saturated rings. The SMILES string of the molecule is Cn1c(CN2CCN(Cc3ccc(F)cc3Cl)CC2)nc2ccccc21. The molecule has 0 saturated carbocycles. The van der Waals surface area contributed by atoms with E-state index in [9.17, 15) is 4.39 Å². The molecule has 0 amide bonds. The number of benzene rings is 2. The van der Waals surface area contributed by atoms with Gasteiger partial charge in [-0.1, -0.05) is 29.8 Å². The number of piperazine rings is 1. The predicted octanol–water partition coefficient (Wildman–Crippen LogP) is 3.68. The summed E-state index contributed by atoms with van der Waals surface area (Å²) in [5, 5.41) is 0.507. The minimum absolute atomic E-state index is 0.286. The van der Waals surface area contributed by atoms with Gasteiger partial charge < -0.3 is 4.57 Å². The van der Waals surface area contributed by atoms with Crippen molar-refractivity contribution < 1.29 is 4.39 Å². The van der Waals surface area contributed by atoms with Crippen LogP contribution in [0.3, 0.4) is 0 Å². The third kappa shape index (κ3) is 3.61. The predicted molar refractivity (Wildman–Crippen MR) is 103 cm³/mol. The fraction of sp³-hybridized carbons (Fsp3) is 0.350. The average Bonchev–Trinajstić information content (AvgIpc) is 2.95. The highest BCUT2D eigenvalue weighted by molar-refractivity contribution is 6.31. The van der Waals surface area contributed by atoms with Crippen LogP contribution in [0.5, 0.6) is 0 Å². The van der Waals surface area contributed by atoms with E-state index in [2.05, 4.69) is 33.5 Å². The topological polar surface area (TPSA) is 24.3 Å². The summed E-state index contributed by atoms with van der Waals surface area (Å²) >= 11 is 6.15. The van der Waals surface area contributed by atoms with Gasteiger partial charge in [-0.25, -0.2) is 9.37 Å². The Labute approximate surface area is 157 Å². The summed E-state index contributed by atoms with van der Waals surface area (Å²) in [5.41, 5.74) is 3.21. The molecule has 1 aliphatic rings. The van der Waals surface area contributed by atoms with Gasteiger partial charge in [-0.05, 0) is 29.8 Å². The summed E-state index contributed by atoms with van der Waals surface area (Å²) < 4.78 is 15.4. The second-order valence-electron chi connectivity index (χ2n) is 6.86. The van der Waals surface area contributed by atoms with Gasteiger partial charge in [-0.2, -0.15) is 0 Å². The highest BCUT2D eigenvalue weighted by Gasteiger charge is 2.20. The van der Waals surface area contributed by atoms with Crippen molar-refractivity contribution in [1.82, 2.24) is 19.4 Å². The maximum absolute atomic E-state index is 13.2.